The first kappa shape index (κ1) is 18.5. The zero-order valence-electron chi connectivity index (χ0n) is 13.7. The van der Waals surface area contributed by atoms with Gasteiger partial charge in [-0.3, -0.25) is 4.79 Å². The minimum atomic E-state index is -4.97. The molecular weight excluding hydrogens is 373 g/mol. The molecular formula is C18H14ClF3O4. The highest BCUT2D eigenvalue weighted by Crippen LogP contribution is 2.57. The number of rotatable bonds is 3. The third kappa shape index (κ3) is 2.81. The minimum absolute atomic E-state index is 0.0138. The summed E-state index contributed by atoms with van der Waals surface area (Å²) in [6.07, 6.45) is -6.01. The second-order valence-corrected chi connectivity index (χ2v) is 6.28. The number of fused-ring (bicyclic) bond motifs is 3. The van der Waals surface area contributed by atoms with E-state index < -0.39 is 29.6 Å². The van der Waals surface area contributed by atoms with E-state index in [1.165, 1.54) is 38.1 Å². The molecule has 8 heteroatoms. The van der Waals surface area contributed by atoms with Crippen LogP contribution in [0.5, 0.6) is 5.75 Å². The lowest BCUT2D eigenvalue weighted by Gasteiger charge is -2.28. The fourth-order valence-corrected chi connectivity index (χ4v) is 3.44. The van der Waals surface area contributed by atoms with Crippen molar-refractivity contribution in [3.05, 3.63) is 52.5 Å². The van der Waals surface area contributed by atoms with Crippen LogP contribution in [0, 0.1) is 0 Å². The molecule has 0 saturated carbocycles. The summed E-state index contributed by atoms with van der Waals surface area (Å²) in [4.78, 5) is 11.0. The number of benzene rings is 2. The molecule has 0 spiro atoms. The van der Waals surface area contributed by atoms with Crippen molar-refractivity contribution in [1.82, 2.24) is 0 Å². The molecule has 0 aromatic heterocycles. The zero-order chi connectivity index (χ0) is 19.3. The number of hydrogen-bond acceptors (Lipinski definition) is 4. The normalized spacial score (nSPS) is 19.5. The van der Waals surface area contributed by atoms with Crippen LogP contribution in [0.15, 0.2) is 36.4 Å². The smallest absolute Gasteiger partial charge is 0.425 e. The highest BCUT2D eigenvalue weighted by Gasteiger charge is 2.61. The maximum absolute atomic E-state index is 13.8. The lowest BCUT2D eigenvalue weighted by Crippen LogP contribution is -2.41. The van der Waals surface area contributed by atoms with Crippen molar-refractivity contribution in [3.63, 3.8) is 0 Å². The highest BCUT2D eigenvalue weighted by molar-refractivity contribution is 6.34. The summed E-state index contributed by atoms with van der Waals surface area (Å²) in [6.45, 7) is 2.59. The summed E-state index contributed by atoms with van der Waals surface area (Å²) >= 11 is 6.20. The zero-order valence-corrected chi connectivity index (χ0v) is 14.5. The first-order chi connectivity index (χ1) is 12.1. The van der Waals surface area contributed by atoms with Crippen molar-refractivity contribution >= 4 is 17.6 Å². The lowest BCUT2D eigenvalue weighted by molar-refractivity contribution is -0.246. The van der Waals surface area contributed by atoms with Crippen molar-refractivity contribution in [2.75, 3.05) is 0 Å². The number of carbonyl (C=O) groups is 1. The van der Waals surface area contributed by atoms with Crippen molar-refractivity contribution < 1.29 is 32.5 Å². The Morgan fingerprint density at radius 1 is 1.23 bits per heavy atom. The van der Waals surface area contributed by atoms with Crippen molar-refractivity contribution in [2.45, 2.75) is 31.9 Å². The molecule has 0 bridgehead atoms. The van der Waals surface area contributed by atoms with E-state index in [2.05, 4.69) is 0 Å². The van der Waals surface area contributed by atoms with E-state index >= 15 is 0 Å². The molecule has 0 aliphatic heterocycles. The van der Waals surface area contributed by atoms with E-state index in [1.807, 2.05) is 0 Å². The van der Waals surface area contributed by atoms with E-state index in [-0.39, 0.29) is 27.5 Å². The molecule has 1 aliphatic rings. The first-order valence-corrected chi connectivity index (χ1v) is 8.00. The number of ether oxygens (including phenoxy) is 2. The van der Waals surface area contributed by atoms with Crippen LogP contribution in [-0.2, 0) is 15.1 Å². The van der Waals surface area contributed by atoms with Gasteiger partial charge in [0.05, 0.1) is 5.02 Å². The summed E-state index contributed by atoms with van der Waals surface area (Å²) in [7, 11) is 0. The van der Waals surface area contributed by atoms with E-state index in [0.29, 0.717) is 0 Å². The number of aliphatic hydroxyl groups is 1. The molecule has 1 N–H and O–H groups in total. The molecule has 2 atom stereocenters. The van der Waals surface area contributed by atoms with Crippen LogP contribution in [0.25, 0.3) is 11.1 Å². The largest absolute Gasteiger partial charge is 0.455 e. The Balaban J connectivity index is 2.16. The first-order valence-electron chi connectivity index (χ1n) is 7.62. The van der Waals surface area contributed by atoms with Crippen molar-refractivity contribution in [1.29, 1.82) is 0 Å². The van der Waals surface area contributed by atoms with Gasteiger partial charge in [-0.25, -0.2) is 0 Å². The molecule has 2 aromatic rings. The van der Waals surface area contributed by atoms with Crippen molar-refractivity contribution in [2.24, 2.45) is 0 Å². The molecule has 1 unspecified atom stereocenters. The van der Waals surface area contributed by atoms with Crippen LogP contribution in [-0.4, -0.2) is 23.5 Å². The molecule has 26 heavy (non-hydrogen) atoms. The van der Waals surface area contributed by atoms with Gasteiger partial charge in [0.25, 0.3) is 0 Å². The minimum Gasteiger partial charge on any atom is -0.455 e. The summed E-state index contributed by atoms with van der Waals surface area (Å²) in [5.41, 5.74) is -3.65. The molecule has 3 rings (SSSR count). The topological polar surface area (TPSA) is 55.8 Å². The van der Waals surface area contributed by atoms with Gasteiger partial charge >= 0.3 is 12.1 Å². The maximum atomic E-state index is 13.8. The van der Waals surface area contributed by atoms with Gasteiger partial charge in [-0.1, -0.05) is 35.9 Å². The van der Waals surface area contributed by atoms with Gasteiger partial charge in [0.15, 0.2) is 0 Å². The number of halogens is 4. The Kier molecular flexibility index (Phi) is 4.40. The molecule has 4 nitrogen and oxygen atoms in total. The van der Waals surface area contributed by atoms with Crippen LogP contribution in [0.1, 0.15) is 25.0 Å². The number of carbonyl (C=O) groups excluding carboxylic acids is 1. The molecule has 0 radical (unpaired) electrons. The highest BCUT2D eigenvalue weighted by atomic mass is 35.5. The van der Waals surface area contributed by atoms with Crippen LogP contribution in [0.3, 0.4) is 0 Å². The second-order valence-electron chi connectivity index (χ2n) is 5.88. The predicted molar refractivity (Wildman–Crippen MR) is 87.8 cm³/mol. The molecule has 0 saturated heterocycles. The average Bonchev–Trinajstić information content (AvgIpc) is 2.77. The Morgan fingerprint density at radius 2 is 1.88 bits per heavy atom. The van der Waals surface area contributed by atoms with Crippen LogP contribution in [0.4, 0.5) is 13.2 Å². The fourth-order valence-electron chi connectivity index (χ4n) is 3.13. The Bertz CT molecular complexity index is 881. The molecule has 1 aliphatic carbocycles. The number of hydrogen-bond donors (Lipinski definition) is 1. The van der Waals surface area contributed by atoms with Gasteiger partial charge in [-0.15, -0.1) is 0 Å². The summed E-state index contributed by atoms with van der Waals surface area (Å²) in [5.74, 6) is -0.665. The Morgan fingerprint density at radius 3 is 2.50 bits per heavy atom. The molecule has 138 valence electrons. The monoisotopic (exact) mass is 386 g/mol. The van der Waals surface area contributed by atoms with Gasteiger partial charge in [-0.05, 0) is 17.7 Å². The van der Waals surface area contributed by atoms with E-state index in [1.54, 1.807) is 6.07 Å². The molecule has 0 heterocycles. The van der Waals surface area contributed by atoms with Gasteiger partial charge in [0.1, 0.15) is 5.75 Å². The SMILES string of the molecule is CC(=O)OC(C)Oc1cc(Cl)c2c(c1)[C@@](O)(C(F)(F)F)c1ccccc1-2. The second kappa shape index (κ2) is 6.17. The number of esters is 1. The summed E-state index contributed by atoms with van der Waals surface area (Å²) < 4.78 is 51.5. The van der Waals surface area contributed by atoms with Crippen LogP contribution < -0.4 is 4.74 Å². The van der Waals surface area contributed by atoms with E-state index in [9.17, 15) is 23.1 Å². The fraction of sp³-hybridized carbons (Fsp3) is 0.278. The van der Waals surface area contributed by atoms with Gasteiger partial charge in [0.2, 0.25) is 11.9 Å². The van der Waals surface area contributed by atoms with Gasteiger partial charge in [0, 0.05) is 30.5 Å². The molecule has 0 amide bonds. The molecule has 0 fully saturated rings. The number of alkyl halides is 3. The van der Waals surface area contributed by atoms with Crippen LogP contribution >= 0.6 is 11.6 Å². The summed E-state index contributed by atoms with van der Waals surface area (Å²) in [5, 5.41) is 10.6. The van der Waals surface area contributed by atoms with Gasteiger partial charge in [-0.2, -0.15) is 13.2 Å². The molecule has 2 aromatic carbocycles. The third-order valence-electron chi connectivity index (χ3n) is 4.08. The third-order valence-corrected chi connectivity index (χ3v) is 4.38. The van der Waals surface area contributed by atoms with E-state index in [4.69, 9.17) is 21.1 Å². The Hall–Kier alpha value is -2.25. The standard InChI is InChI=1S/C18H14ClF3O4/c1-9(23)25-10(2)26-11-7-14-16(15(19)8-11)12-5-3-4-6-13(12)17(14,24)18(20,21)22/h3-8,10,24H,1-2H3/t10?,17-/m1/s1. The predicted octanol–water partition coefficient (Wildman–Crippen LogP) is 4.41. The maximum Gasteiger partial charge on any atom is 0.425 e. The van der Waals surface area contributed by atoms with Crippen LogP contribution in [0.2, 0.25) is 5.02 Å². The van der Waals surface area contributed by atoms with E-state index in [0.717, 1.165) is 6.07 Å². The summed E-state index contributed by atoms with van der Waals surface area (Å²) in [6, 6.07) is 8.03. The lowest BCUT2D eigenvalue weighted by atomic mass is 9.90. The average molecular weight is 387 g/mol. The Labute approximate surface area is 152 Å². The van der Waals surface area contributed by atoms with Gasteiger partial charge < -0.3 is 14.6 Å². The van der Waals surface area contributed by atoms with Crippen molar-refractivity contribution in [3.8, 4) is 16.9 Å². The quantitative estimate of drug-likeness (QED) is 0.627.